The molecule has 1 amide bonds. The molecule has 3 aromatic rings. The molecule has 9 heteroatoms. The second-order valence-electron chi connectivity index (χ2n) is 8.85. The number of nitrogens with two attached hydrogens (primary N) is 1. The van der Waals surface area contributed by atoms with Crippen molar-refractivity contribution in [2.24, 2.45) is 5.73 Å². The van der Waals surface area contributed by atoms with Gasteiger partial charge in [-0.15, -0.1) is 0 Å². The Bertz CT molecular complexity index is 1260. The Kier molecular flexibility index (Phi) is 7.49. The summed E-state index contributed by atoms with van der Waals surface area (Å²) in [6.45, 7) is 6.50. The summed E-state index contributed by atoms with van der Waals surface area (Å²) in [6.07, 6.45) is 3.64. The number of halogens is 1. The second kappa shape index (κ2) is 10.7. The molecule has 2 aromatic carbocycles. The first-order chi connectivity index (χ1) is 16.8. The Morgan fingerprint density at radius 2 is 1.91 bits per heavy atom. The van der Waals surface area contributed by atoms with E-state index in [2.05, 4.69) is 31.6 Å². The summed E-state index contributed by atoms with van der Waals surface area (Å²) in [5, 5.41) is 16.6. The molecule has 0 aliphatic carbocycles. The van der Waals surface area contributed by atoms with Crippen molar-refractivity contribution >= 4 is 35.0 Å². The minimum atomic E-state index is -0.478. The van der Waals surface area contributed by atoms with E-state index in [0.29, 0.717) is 27.9 Å². The highest BCUT2D eigenvalue weighted by Gasteiger charge is 2.21. The molecule has 0 unspecified atom stereocenters. The van der Waals surface area contributed by atoms with E-state index >= 15 is 0 Å². The van der Waals surface area contributed by atoms with Crippen LogP contribution in [-0.4, -0.2) is 39.9 Å². The van der Waals surface area contributed by atoms with Crippen molar-refractivity contribution in [1.82, 2.24) is 14.9 Å². The van der Waals surface area contributed by atoms with E-state index in [1.54, 1.807) is 18.3 Å². The topological polar surface area (TPSA) is 120 Å². The average molecular weight is 490 g/mol. The van der Waals surface area contributed by atoms with Gasteiger partial charge in [-0.3, -0.25) is 9.69 Å². The van der Waals surface area contributed by atoms with E-state index in [-0.39, 0.29) is 6.04 Å². The number of nitriles is 1. The second-order valence-corrected chi connectivity index (χ2v) is 9.26. The number of hydrogen-bond acceptors (Lipinski definition) is 7. The predicted molar refractivity (Wildman–Crippen MR) is 138 cm³/mol. The van der Waals surface area contributed by atoms with Gasteiger partial charge in [0.15, 0.2) is 0 Å². The summed E-state index contributed by atoms with van der Waals surface area (Å²) in [4.78, 5) is 22.7. The summed E-state index contributed by atoms with van der Waals surface area (Å²) in [6, 6.07) is 13.2. The molecule has 4 rings (SSSR count). The monoisotopic (exact) mass is 489 g/mol. The minimum Gasteiger partial charge on any atom is -0.366 e. The fraction of sp³-hybridized carbons (Fsp3) is 0.308. The van der Waals surface area contributed by atoms with Gasteiger partial charge in [-0.25, -0.2) is 4.98 Å². The lowest BCUT2D eigenvalue weighted by Crippen LogP contribution is -2.39. The van der Waals surface area contributed by atoms with Crippen molar-refractivity contribution < 1.29 is 4.79 Å². The van der Waals surface area contributed by atoms with Crippen molar-refractivity contribution in [3.63, 3.8) is 0 Å². The Morgan fingerprint density at radius 1 is 1.20 bits per heavy atom. The zero-order chi connectivity index (χ0) is 24.9. The summed E-state index contributed by atoms with van der Waals surface area (Å²) < 4.78 is 0. The van der Waals surface area contributed by atoms with Gasteiger partial charge >= 0.3 is 0 Å². The van der Waals surface area contributed by atoms with Gasteiger partial charge in [0.05, 0.1) is 11.6 Å². The van der Waals surface area contributed by atoms with Crippen LogP contribution in [0.3, 0.4) is 0 Å². The third kappa shape index (κ3) is 6.07. The van der Waals surface area contributed by atoms with E-state index in [0.717, 1.165) is 54.9 Å². The van der Waals surface area contributed by atoms with E-state index in [1.807, 2.05) is 38.1 Å². The molecule has 180 valence electrons. The number of anilines is 3. The lowest BCUT2D eigenvalue weighted by Gasteiger charge is -2.32. The summed E-state index contributed by atoms with van der Waals surface area (Å²) in [7, 11) is 0. The maximum Gasteiger partial charge on any atom is 0.248 e. The number of amides is 1. The van der Waals surface area contributed by atoms with Crippen LogP contribution in [0.4, 0.5) is 17.5 Å². The first kappa shape index (κ1) is 24.5. The Labute approximate surface area is 210 Å². The number of rotatable bonds is 7. The molecule has 0 spiro atoms. The van der Waals surface area contributed by atoms with Crippen molar-refractivity contribution in [3.05, 3.63) is 75.4 Å². The van der Waals surface area contributed by atoms with E-state index in [9.17, 15) is 4.79 Å². The zero-order valence-electron chi connectivity index (χ0n) is 19.8. The third-order valence-corrected chi connectivity index (χ3v) is 6.57. The smallest absolute Gasteiger partial charge is 0.248 e. The molecule has 35 heavy (non-hydrogen) atoms. The van der Waals surface area contributed by atoms with Crippen LogP contribution in [0.15, 0.2) is 42.6 Å². The number of primary amides is 1. The summed E-state index contributed by atoms with van der Waals surface area (Å²) in [5.74, 6) is 0.807. The fourth-order valence-corrected chi connectivity index (χ4v) is 4.58. The van der Waals surface area contributed by atoms with Crippen LogP contribution >= 0.6 is 11.6 Å². The Balaban J connectivity index is 1.33. The molecule has 0 saturated carbocycles. The molecule has 1 aliphatic rings. The molecular weight excluding hydrogens is 462 g/mol. The molecule has 1 aliphatic heterocycles. The largest absolute Gasteiger partial charge is 0.366 e. The van der Waals surface area contributed by atoms with Crippen molar-refractivity contribution in [2.45, 2.75) is 39.3 Å². The number of likely N-dealkylation sites (tertiary alicyclic amines) is 1. The van der Waals surface area contributed by atoms with E-state index in [4.69, 9.17) is 22.6 Å². The number of nitrogens with zero attached hydrogens (tertiary/aromatic N) is 4. The first-order valence-corrected chi connectivity index (χ1v) is 11.9. The minimum absolute atomic E-state index is 0.271. The van der Waals surface area contributed by atoms with Gasteiger partial charge < -0.3 is 16.4 Å². The van der Waals surface area contributed by atoms with Crippen LogP contribution < -0.4 is 16.4 Å². The van der Waals surface area contributed by atoms with E-state index in [1.165, 1.54) is 0 Å². The summed E-state index contributed by atoms with van der Waals surface area (Å²) >= 11 is 6.35. The quantitative estimate of drug-likeness (QED) is 0.445. The highest BCUT2D eigenvalue weighted by atomic mass is 35.5. The molecule has 4 N–H and O–H groups in total. The van der Waals surface area contributed by atoms with E-state index < -0.39 is 5.91 Å². The number of piperidine rings is 1. The van der Waals surface area contributed by atoms with Crippen LogP contribution in [-0.2, 0) is 6.54 Å². The standard InChI is InChI=1S/C26H28ClN7O/c1-16-11-18(14-28)12-17(2)24(16)32-23-5-8-30-26(33-23)31-21-6-9-34(10-7-21)15-20-4-3-19(25(29)35)13-22(20)27/h3-5,8,11-13,21H,6-7,9-10,15H2,1-2H3,(H2,29,35)(H2,30,31,32,33). The van der Waals surface area contributed by atoms with Crippen LogP contribution in [0.2, 0.25) is 5.02 Å². The molecular formula is C26H28ClN7O. The number of aromatic nitrogens is 2. The maximum atomic E-state index is 11.3. The number of aryl methyl sites for hydroxylation is 2. The Hall–Kier alpha value is -3.67. The molecule has 1 aromatic heterocycles. The van der Waals surface area contributed by atoms with Gasteiger partial charge in [-0.2, -0.15) is 10.2 Å². The normalized spacial score (nSPS) is 14.3. The molecule has 2 heterocycles. The van der Waals surface area contributed by atoms with Crippen LogP contribution in [0.25, 0.3) is 0 Å². The number of carbonyl (C=O) groups excluding carboxylic acids is 1. The number of benzene rings is 2. The van der Waals surface area contributed by atoms with Gasteiger partial charge in [0, 0.05) is 48.1 Å². The van der Waals surface area contributed by atoms with Gasteiger partial charge in [-0.05, 0) is 73.7 Å². The van der Waals surface area contributed by atoms with Crippen molar-refractivity contribution in [3.8, 4) is 6.07 Å². The van der Waals surface area contributed by atoms with Crippen LogP contribution in [0.5, 0.6) is 0 Å². The molecule has 0 radical (unpaired) electrons. The third-order valence-electron chi connectivity index (χ3n) is 6.22. The average Bonchev–Trinajstić information content (AvgIpc) is 2.84. The highest BCUT2D eigenvalue weighted by molar-refractivity contribution is 6.31. The predicted octanol–water partition coefficient (Wildman–Crippen LogP) is 4.54. The maximum absolute atomic E-state index is 11.3. The van der Waals surface area contributed by atoms with Crippen molar-refractivity contribution in [2.75, 3.05) is 23.7 Å². The molecule has 0 atom stereocenters. The number of carbonyl (C=O) groups is 1. The fourth-order valence-electron chi connectivity index (χ4n) is 4.34. The first-order valence-electron chi connectivity index (χ1n) is 11.5. The lowest BCUT2D eigenvalue weighted by atomic mass is 10.0. The SMILES string of the molecule is Cc1cc(C#N)cc(C)c1Nc1ccnc(NC2CCN(Cc3ccc(C(N)=O)cc3Cl)CC2)n1. The molecule has 0 bridgehead atoms. The van der Waals surface area contributed by atoms with Crippen molar-refractivity contribution in [1.29, 1.82) is 5.26 Å². The van der Waals surface area contributed by atoms with Gasteiger partial charge in [0.2, 0.25) is 11.9 Å². The zero-order valence-corrected chi connectivity index (χ0v) is 20.6. The Morgan fingerprint density at radius 3 is 2.54 bits per heavy atom. The molecule has 1 fully saturated rings. The highest BCUT2D eigenvalue weighted by Crippen LogP contribution is 2.26. The van der Waals surface area contributed by atoms with Gasteiger partial charge in [-0.1, -0.05) is 17.7 Å². The van der Waals surface area contributed by atoms with Crippen LogP contribution in [0.1, 0.15) is 45.5 Å². The number of hydrogen-bond donors (Lipinski definition) is 3. The summed E-state index contributed by atoms with van der Waals surface area (Å²) in [5.41, 5.74) is 10.3. The van der Waals surface area contributed by atoms with Crippen LogP contribution in [0, 0.1) is 25.2 Å². The van der Waals surface area contributed by atoms with Gasteiger partial charge in [0.1, 0.15) is 5.82 Å². The molecule has 1 saturated heterocycles. The lowest BCUT2D eigenvalue weighted by molar-refractivity contribution is 0.1000. The number of nitrogens with one attached hydrogen (secondary N) is 2. The van der Waals surface area contributed by atoms with Gasteiger partial charge in [0.25, 0.3) is 0 Å². The molecule has 8 nitrogen and oxygen atoms in total.